The summed E-state index contributed by atoms with van der Waals surface area (Å²) in [7, 11) is 3.13. The third-order valence-electron chi connectivity index (χ3n) is 4.92. The van der Waals surface area contributed by atoms with Crippen LogP contribution in [0.15, 0.2) is 51.7 Å². The Kier molecular flexibility index (Phi) is 7.18. The Morgan fingerprint density at radius 2 is 1.84 bits per heavy atom. The molecule has 0 aliphatic carbocycles. The summed E-state index contributed by atoms with van der Waals surface area (Å²) in [5, 5.41) is 3.72. The lowest BCUT2D eigenvalue weighted by Crippen LogP contribution is -2.35. The number of methoxy groups -OCH3 is 2. The van der Waals surface area contributed by atoms with Crippen LogP contribution < -0.4 is 25.2 Å². The van der Waals surface area contributed by atoms with Crippen molar-refractivity contribution in [1.82, 2.24) is 5.32 Å². The second-order valence-electron chi connectivity index (χ2n) is 7.17. The highest BCUT2D eigenvalue weighted by Gasteiger charge is 2.16. The number of aryl methyl sites for hydroxylation is 1. The van der Waals surface area contributed by atoms with Gasteiger partial charge < -0.3 is 23.9 Å². The Hall–Kier alpha value is -3.48. The Morgan fingerprint density at radius 1 is 1.06 bits per heavy atom. The van der Waals surface area contributed by atoms with Crippen molar-refractivity contribution in [2.45, 2.75) is 39.3 Å². The quantitative estimate of drug-likeness (QED) is 0.524. The standard InChI is InChI=1S/C24H27NO6/c1-5-6-17-12-23(26)31-21-13-18(8-9-19(17)21)30-15(2)24(27)25-14-16-7-10-20(28-3)22(11-16)29-4/h7-13,15H,5-6,14H2,1-4H3,(H,25,27). The number of ether oxygens (including phenoxy) is 3. The zero-order valence-electron chi connectivity index (χ0n) is 18.2. The van der Waals surface area contributed by atoms with Gasteiger partial charge in [-0.15, -0.1) is 0 Å². The van der Waals surface area contributed by atoms with E-state index in [1.807, 2.05) is 18.2 Å². The predicted octanol–water partition coefficient (Wildman–Crippen LogP) is 3.85. The molecule has 1 heterocycles. The normalized spacial score (nSPS) is 11.7. The minimum absolute atomic E-state index is 0.268. The van der Waals surface area contributed by atoms with Gasteiger partial charge >= 0.3 is 5.63 Å². The number of hydrogen-bond acceptors (Lipinski definition) is 6. The van der Waals surface area contributed by atoms with Crippen LogP contribution in [0.25, 0.3) is 11.0 Å². The zero-order valence-corrected chi connectivity index (χ0v) is 18.2. The SMILES string of the molecule is CCCc1cc(=O)oc2cc(OC(C)C(=O)NCc3ccc(OC)c(OC)c3)ccc12. The van der Waals surface area contributed by atoms with Gasteiger partial charge in [-0.3, -0.25) is 4.79 Å². The van der Waals surface area contributed by atoms with Crippen LogP contribution in [0.1, 0.15) is 31.4 Å². The average Bonchev–Trinajstić information content (AvgIpc) is 2.76. The van der Waals surface area contributed by atoms with Crippen molar-refractivity contribution in [2.75, 3.05) is 14.2 Å². The molecule has 1 N–H and O–H groups in total. The molecule has 31 heavy (non-hydrogen) atoms. The van der Waals surface area contributed by atoms with Crippen LogP contribution in [0.3, 0.4) is 0 Å². The van der Waals surface area contributed by atoms with E-state index in [1.165, 1.54) is 6.07 Å². The van der Waals surface area contributed by atoms with E-state index >= 15 is 0 Å². The van der Waals surface area contributed by atoms with E-state index in [0.717, 1.165) is 29.4 Å². The van der Waals surface area contributed by atoms with Gasteiger partial charge in [0.25, 0.3) is 5.91 Å². The van der Waals surface area contributed by atoms with Crippen molar-refractivity contribution < 1.29 is 23.4 Å². The minimum Gasteiger partial charge on any atom is -0.493 e. The molecule has 0 saturated heterocycles. The lowest BCUT2D eigenvalue weighted by molar-refractivity contribution is -0.127. The molecule has 3 rings (SSSR count). The van der Waals surface area contributed by atoms with E-state index in [-0.39, 0.29) is 5.91 Å². The van der Waals surface area contributed by atoms with E-state index in [1.54, 1.807) is 39.3 Å². The smallest absolute Gasteiger partial charge is 0.336 e. The maximum absolute atomic E-state index is 12.5. The van der Waals surface area contributed by atoms with Crippen LogP contribution in [0.5, 0.6) is 17.2 Å². The van der Waals surface area contributed by atoms with Crippen LogP contribution in [0.4, 0.5) is 0 Å². The lowest BCUT2D eigenvalue weighted by Gasteiger charge is -2.16. The molecule has 1 atom stereocenters. The number of amides is 1. The van der Waals surface area contributed by atoms with Crippen molar-refractivity contribution in [3.8, 4) is 17.2 Å². The van der Waals surface area contributed by atoms with Crippen LogP contribution in [0, 0.1) is 0 Å². The Bertz CT molecular complexity index is 1120. The predicted molar refractivity (Wildman–Crippen MR) is 118 cm³/mol. The Morgan fingerprint density at radius 3 is 2.55 bits per heavy atom. The van der Waals surface area contributed by atoms with E-state index in [4.69, 9.17) is 18.6 Å². The number of benzene rings is 2. The van der Waals surface area contributed by atoms with Crippen molar-refractivity contribution in [2.24, 2.45) is 0 Å². The van der Waals surface area contributed by atoms with E-state index < -0.39 is 11.7 Å². The highest BCUT2D eigenvalue weighted by molar-refractivity contribution is 5.83. The lowest BCUT2D eigenvalue weighted by atomic mass is 10.1. The molecule has 3 aromatic rings. The summed E-state index contributed by atoms with van der Waals surface area (Å²) in [6, 6.07) is 12.3. The summed E-state index contributed by atoms with van der Waals surface area (Å²) in [6.45, 7) is 4.04. The van der Waals surface area contributed by atoms with Gasteiger partial charge in [-0.05, 0) is 48.7 Å². The molecule has 1 amide bonds. The molecule has 0 aliphatic rings. The Labute approximate surface area is 180 Å². The van der Waals surface area contributed by atoms with Crippen molar-refractivity contribution in [3.63, 3.8) is 0 Å². The molecular formula is C24H27NO6. The Balaban J connectivity index is 1.66. The summed E-state index contributed by atoms with van der Waals surface area (Å²) in [5.41, 5.74) is 1.87. The second kappa shape index (κ2) is 10.0. The number of nitrogens with one attached hydrogen (secondary N) is 1. The molecule has 7 nitrogen and oxygen atoms in total. The summed E-state index contributed by atoms with van der Waals surface area (Å²) in [4.78, 5) is 24.3. The number of hydrogen-bond donors (Lipinski definition) is 1. The molecular weight excluding hydrogens is 398 g/mol. The summed E-state index contributed by atoms with van der Waals surface area (Å²) in [5.74, 6) is 1.41. The van der Waals surface area contributed by atoms with Crippen LogP contribution in [-0.2, 0) is 17.8 Å². The average molecular weight is 425 g/mol. The third-order valence-corrected chi connectivity index (χ3v) is 4.92. The fraction of sp³-hybridized carbons (Fsp3) is 0.333. The first-order valence-electron chi connectivity index (χ1n) is 10.2. The fourth-order valence-corrected chi connectivity index (χ4v) is 3.34. The van der Waals surface area contributed by atoms with Crippen molar-refractivity contribution in [1.29, 1.82) is 0 Å². The van der Waals surface area contributed by atoms with Gasteiger partial charge in [0.05, 0.1) is 14.2 Å². The molecule has 0 saturated carbocycles. The zero-order chi connectivity index (χ0) is 22.4. The van der Waals surface area contributed by atoms with Gasteiger partial charge in [0.2, 0.25) is 0 Å². The summed E-state index contributed by atoms with van der Waals surface area (Å²) >= 11 is 0. The van der Waals surface area contributed by atoms with Crippen molar-refractivity contribution in [3.05, 3.63) is 64.0 Å². The van der Waals surface area contributed by atoms with E-state index in [2.05, 4.69) is 12.2 Å². The monoisotopic (exact) mass is 425 g/mol. The molecule has 7 heteroatoms. The molecule has 0 aliphatic heterocycles. The summed E-state index contributed by atoms with van der Waals surface area (Å²) < 4.78 is 21.6. The molecule has 0 radical (unpaired) electrons. The van der Waals surface area contributed by atoms with Gasteiger partial charge in [-0.25, -0.2) is 4.79 Å². The molecule has 0 fully saturated rings. The largest absolute Gasteiger partial charge is 0.493 e. The van der Waals surface area contributed by atoms with Gasteiger partial charge in [-0.1, -0.05) is 19.4 Å². The van der Waals surface area contributed by atoms with Crippen molar-refractivity contribution >= 4 is 16.9 Å². The minimum atomic E-state index is -0.733. The fourth-order valence-electron chi connectivity index (χ4n) is 3.34. The molecule has 1 unspecified atom stereocenters. The van der Waals surface area contributed by atoms with Crippen LogP contribution in [0.2, 0.25) is 0 Å². The van der Waals surface area contributed by atoms with Gasteiger partial charge in [-0.2, -0.15) is 0 Å². The maximum atomic E-state index is 12.5. The summed E-state index contributed by atoms with van der Waals surface area (Å²) in [6.07, 6.45) is 0.980. The first-order valence-corrected chi connectivity index (χ1v) is 10.2. The van der Waals surface area contributed by atoms with E-state index in [9.17, 15) is 9.59 Å². The van der Waals surface area contributed by atoms with E-state index in [0.29, 0.717) is 29.4 Å². The first kappa shape index (κ1) is 22.2. The molecule has 0 bridgehead atoms. The van der Waals surface area contributed by atoms with Gasteiger partial charge in [0, 0.05) is 24.1 Å². The third kappa shape index (κ3) is 5.36. The van der Waals surface area contributed by atoms with Gasteiger partial charge in [0.15, 0.2) is 17.6 Å². The topological polar surface area (TPSA) is 87.0 Å². The number of carbonyl (C=O) groups is 1. The number of fused-ring (bicyclic) bond motifs is 1. The van der Waals surface area contributed by atoms with Gasteiger partial charge in [0.1, 0.15) is 11.3 Å². The molecule has 1 aromatic heterocycles. The first-order chi connectivity index (χ1) is 14.9. The molecule has 164 valence electrons. The van der Waals surface area contributed by atoms with Crippen LogP contribution >= 0.6 is 0 Å². The highest BCUT2D eigenvalue weighted by atomic mass is 16.5. The van der Waals surface area contributed by atoms with Crippen LogP contribution in [-0.4, -0.2) is 26.2 Å². The number of carbonyl (C=O) groups excluding carboxylic acids is 1. The number of rotatable bonds is 9. The maximum Gasteiger partial charge on any atom is 0.336 e. The molecule has 0 spiro atoms. The highest BCUT2D eigenvalue weighted by Crippen LogP contribution is 2.27. The second-order valence-corrected chi connectivity index (χ2v) is 7.17. The molecule has 2 aromatic carbocycles.